The fourth-order valence-electron chi connectivity index (χ4n) is 0.442. The molecule has 0 atom stereocenters. The van der Waals surface area contributed by atoms with Gasteiger partial charge in [0.25, 0.3) is 0 Å². The van der Waals surface area contributed by atoms with Gasteiger partial charge >= 0.3 is 0 Å². The van der Waals surface area contributed by atoms with Crippen LogP contribution in [0.5, 0.6) is 0 Å². The maximum Gasteiger partial charge on any atom is 0.184 e. The Morgan fingerprint density at radius 1 is 1.70 bits per heavy atom. The number of tetrazole rings is 1. The first-order valence-electron chi connectivity index (χ1n) is 2.67. The molecule has 5 nitrogen and oxygen atoms in total. The standard InChI is InChI=1S/C4H6N4OS/c9-1-2-10-3-4-5-7-8-6-4/h1H,2-3H2,(H,5,6,7,8). The van der Waals surface area contributed by atoms with Crippen molar-refractivity contribution in [1.82, 2.24) is 20.6 Å². The number of aldehydes is 1. The third-order valence-electron chi connectivity index (χ3n) is 0.806. The van der Waals surface area contributed by atoms with Gasteiger partial charge in [-0.15, -0.1) is 22.0 Å². The molecule has 0 aliphatic rings. The highest BCUT2D eigenvalue weighted by molar-refractivity contribution is 7.99. The molecule has 0 radical (unpaired) electrons. The minimum Gasteiger partial charge on any atom is -0.302 e. The zero-order valence-corrected chi connectivity index (χ0v) is 5.97. The predicted octanol–water partition coefficient (Wildman–Crippen LogP) is -0.368. The van der Waals surface area contributed by atoms with Gasteiger partial charge in [-0.1, -0.05) is 5.21 Å². The second-order valence-corrected chi connectivity index (χ2v) is 2.54. The first-order chi connectivity index (χ1) is 4.93. The van der Waals surface area contributed by atoms with Gasteiger partial charge in [-0.3, -0.25) is 0 Å². The molecule has 10 heavy (non-hydrogen) atoms. The van der Waals surface area contributed by atoms with Crippen LogP contribution in [-0.2, 0) is 10.5 Å². The van der Waals surface area contributed by atoms with Gasteiger partial charge in [0, 0.05) is 5.75 Å². The summed E-state index contributed by atoms with van der Waals surface area (Å²) in [4.78, 5) is 9.85. The summed E-state index contributed by atoms with van der Waals surface area (Å²) in [7, 11) is 0. The summed E-state index contributed by atoms with van der Waals surface area (Å²) < 4.78 is 0. The number of aromatic amines is 1. The van der Waals surface area contributed by atoms with E-state index in [-0.39, 0.29) is 0 Å². The van der Waals surface area contributed by atoms with E-state index in [0.717, 1.165) is 6.29 Å². The van der Waals surface area contributed by atoms with E-state index < -0.39 is 0 Å². The monoisotopic (exact) mass is 158 g/mol. The molecule has 6 heteroatoms. The van der Waals surface area contributed by atoms with E-state index in [1.165, 1.54) is 11.8 Å². The number of H-pyrrole nitrogens is 1. The Labute approximate surface area is 61.6 Å². The lowest BCUT2D eigenvalue weighted by Crippen LogP contribution is -1.86. The molecule has 0 amide bonds. The van der Waals surface area contributed by atoms with Crippen LogP contribution in [0.1, 0.15) is 5.82 Å². The van der Waals surface area contributed by atoms with Crippen molar-refractivity contribution < 1.29 is 4.79 Å². The number of nitrogens with one attached hydrogen (secondary N) is 1. The molecule has 1 rings (SSSR count). The first kappa shape index (κ1) is 7.20. The first-order valence-corrected chi connectivity index (χ1v) is 3.82. The molecule has 0 saturated heterocycles. The second kappa shape index (κ2) is 3.99. The summed E-state index contributed by atoms with van der Waals surface area (Å²) in [5.74, 6) is 1.75. The van der Waals surface area contributed by atoms with Crippen molar-refractivity contribution in [2.24, 2.45) is 0 Å². The molecule has 0 aliphatic heterocycles. The molecule has 1 aromatic rings. The van der Waals surface area contributed by atoms with Gasteiger partial charge in [-0.2, -0.15) is 5.21 Å². The van der Waals surface area contributed by atoms with E-state index in [1.54, 1.807) is 0 Å². The van der Waals surface area contributed by atoms with Crippen molar-refractivity contribution in [2.45, 2.75) is 5.75 Å². The maximum atomic E-state index is 9.85. The van der Waals surface area contributed by atoms with Gasteiger partial charge in [-0.25, -0.2) is 0 Å². The van der Waals surface area contributed by atoms with Crippen LogP contribution in [0.4, 0.5) is 0 Å². The predicted molar refractivity (Wildman–Crippen MR) is 36.4 cm³/mol. The molecule has 0 spiro atoms. The van der Waals surface area contributed by atoms with Crippen LogP contribution in [0.15, 0.2) is 0 Å². The highest BCUT2D eigenvalue weighted by Crippen LogP contribution is 2.03. The van der Waals surface area contributed by atoms with Crippen molar-refractivity contribution >= 4 is 18.0 Å². The number of thioether (sulfide) groups is 1. The average molecular weight is 158 g/mol. The zero-order valence-electron chi connectivity index (χ0n) is 5.15. The Kier molecular flexibility index (Phi) is 2.88. The number of carbonyl (C=O) groups excluding carboxylic acids is 1. The molecule has 0 bridgehead atoms. The van der Waals surface area contributed by atoms with E-state index in [0.29, 0.717) is 17.3 Å². The van der Waals surface area contributed by atoms with Crippen LogP contribution >= 0.6 is 11.8 Å². The number of rotatable bonds is 4. The summed E-state index contributed by atoms with van der Waals surface area (Å²) >= 11 is 1.46. The van der Waals surface area contributed by atoms with E-state index in [4.69, 9.17) is 0 Å². The molecule has 0 saturated carbocycles. The summed E-state index contributed by atoms with van der Waals surface area (Å²) in [6.45, 7) is 0. The Hall–Kier alpha value is -0.910. The molecule has 1 N–H and O–H groups in total. The highest BCUT2D eigenvalue weighted by Gasteiger charge is 1.95. The molecule has 1 heterocycles. The van der Waals surface area contributed by atoms with Gasteiger partial charge in [-0.05, 0) is 0 Å². The van der Waals surface area contributed by atoms with Gasteiger partial charge in [0.05, 0.1) is 5.75 Å². The van der Waals surface area contributed by atoms with Crippen molar-refractivity contribution in [2.75, 3.05) is 5.75 Å². The molecule has 1 aromatic heterocycles. The summed E-state index contributed by atoms with van der Waals surface area (Å²) in [5.41, 5.74) is 0. The molecule has 0 aromatic carbocycles. The Bertz CT molecular complexity index is 187. The highest BCUT2D eigenvalue weighted by atomic mass is 32.2. The van der Waals surface area contributed by atoms with Crippen LogP contribution in [-0.4, -0.2) is 32.7 Å². The summed E-state index contributed by atoms with van der Waals surface area (Å²) in [6, 6.07) is 0. The molecular weight excluding hydrogens is 152 g/mol. The van der Waals surface area contributed by atoms with E-state index in [2.05, 4.69) is 20.6 Å². The lowest BCUT2D eigenvalue weighted by molar-refractivity contribution is -0.105. The SMILES string of the molecule is O=CCSCc1nn[nH]n1. The number of carbonyl (C=O) groups is 1. The van der Waals surface area contributed by atoms with Crippen LogP contribution in [0.2, 0.25) is 0 Å². The quantitative estimate of drug-likeness (QED) is 0.478. The van der Waals surface area contributed by atoms with E-state index in [9.17, 15) is 4.79 Å². The van der Waals surface area contributed by atoms with Crippen LogP contribution in [0, 0.1) is 0 Å². The Morgan fingerprint density at radius 3 is 3.20 bits per heavy atom. The largest absolute Gasteiger partial charge is 0.302 e. The fraction of sp³-hybridized carbons (Fsp3) is 0.500. The summed E-state index contributed by atoms with van der Waals surface area (Å²) in [5, 5.41) is 13.1. The maximum absolute atomic E-state index is 9.85. The minimum atomic E-state index is 0.481. The molecule has 0 aliphatic carbocycles. The molecular formula is C4H6N4OS. The van der Waals surface area contributed by atoms with Crippen molar-refractivity contribution in [3.63, 3.8) is 0 Å². The van der Waals surface area contributed by atoms with Crippen LogP contribution in [0.3, 0.4) is 0 Å². The average Bonchev–Trinajstić information content (AvgIpc) is 2.41. The number of hydrogen-bond donors (Lipinski definition) is 1. The number of hydrogen-bond acceptors (Lipinski definition) is 5. The Balaban J connectivity index is 2.21. The minimum absolute atomic E-state index is 0.481. The van der Waals surface area contributed by atoms with Gasteiger partial charge in [0.1, 0.15) is 6.29 Å². The van der Waals surface area contributed by atoms with Crippen molar-refractivity contribution in [3.05, 3.63) is 5.82 Å². The number of nitrogens with zero attached hydrogens (tertiary/aromatic N) is 3. The lowest BCUT2D eigenvalue weighted by atomic mass is 10.8. The zero-order chi connectivity index (χ0) is 7.23. The number of aromatic nitrogens is 4. The van der Waals surface area contributed by atoms with Crippen LogP contribution in [0.25, 0.3) is 0 Å². The van der Waals surface area contributed by atoms with Crippen molar-refractivity contribution in [3.8, 4) is 0 Å². The van der Waals surface area contributed by atoms with Gasteiger partial charge in [0.15, 0.2) is 5.82 Å². The second-order valence-electron chi connectivity index (χ2n) is 1.51. The lowest BCUT2D eigenvalue weighted by Gasteiger charge is -1.86. The molecule has 0 unspecified atom stereocenters. The van der Waals surface area contributed by atoms with E-state index in [1.807, 2.05) is 0 Å². The molecule has 0 fully saturated rings. The van der Waals surface area contributed by atoms with Gasteiger partial charge in [0.2, 0.25) is 0 Å². The smallest absolute Gasteiger partial charge is 0.184 e. The van der Waals surface area contributed by atoms with Gasteiger partial charge < -0.3 is 4.79 Å². The van der Waals surface area contributed by atoms with E-state index >= 15 is 0 Å². The molecule has 54 valence electrons. The normalized spacial score (nSPS) is 9.60. The van der Waals surface area contributed by atoms with Crippen molar-refractivity contribution in [1.29, 1.82) is 0 Å². The third kappa shape index (κ3) is 2.14. The Morgan fingerprint density at radius 2 is 2.60 bits per heavy atom. The van der Waals surface area contributed by atoms with Crippen LogP contribution < -0.4 is 0 Å². The topological polar surface area (TPSA) is 71.5 Å². The summed E-state index contributed by atoms with van der Waals surface area (Å²) in [6.07, 6.45) is 0.852. The third-order valence-corrected chi connectivity index (χ3v) is 1.64. The fourth-order valence-corrected chi connectivity index (χ4v) is 0.961.